The molecule has 27 heavy (non-hydrogen) atoms. The number of para-hydroxylation sites is 2. The van der Waals surface area contributed by atoms with Gasteiger partial charge in [-0.1, -0.05) is 42.5 Å². The first-order valence-electron chi connectivity index (χ1n) is 8.80. The molecule has 0 saturated heterocycles. The zero-order valence-corrected chi connectivity index (χ0v) is 14.6. The SMILES string of the molecule is Fc1ccc(/C=C/C2=Nc3ccccc3NC(c3ccc(F)cc3)C2)cc1. The number of nitrogens with zero attached hydrogens (tertiary/aromatic N) is 1. The van der Waals surface area contributed by atoms with Crippen LogP contribution in [-0.4, -0.2) is 5.71 Å². The molecule has 3 aromatic rings. The molecule has 0 aromatic heterocycles. The monoisotopic (exact) mass is 360 g/mol. The van der Waals surface area contributed by atoms with Gasteiger partial charge in [0.25, 0.3) is 0 Å². The Labute approximate surface area is 156 Å². The first-order chi connectivity index (χ1) is 13.2. The van der Waals surface area contributed by atoms with Gasteiger partial charge < -0.3 is 5.32 Å². The van der Waals surface area contributed by atoms with Crippen LogP contribution in [0.2, 0.25) is 0 Å². The summed E-state index contributed by atoms with van der Waals surface area (Å²) in [5.74, 6) is -0.508. The molecule has 4 rings (SSSR count). The van der Waals surface area contributed by atoms with Crippen molar-refractivity contribution in [1.82, 2.24) is 0 Å². The van der Waals surface area contributed by atoms with E-state index < -0.39 is 0 Å². The Kier molecular flexibility index (Phi) is 4.79. The zero-order chi connectivity index (χ0) is 18.6. The topological polar surface area (TPSA) is 24.4 Å². The van der Waals surface area contributed by atoms with Crippen molar-refractivity contribution in [3.63, 3.8) is 0 Å². The number of hydrogen-bond donors (Lipinski definition) is 1. The van der Waals surface area contributed by atoms with Crippen molar-refractivity contribution < 1.29 is 8.78 Å². The molecule has 3 aromatic carbocycles. The summed E-state index contributed by atoms with van der Waals surface area (Å²) in [6.45, 7) is 0. The van der Waals surface area contributed by atoms with Crippen molar-refractivity contribution in [2.24, 2.45) is 4.99 Å². The van der Waals surface area contributed by atoms with E-state index in [4.69, 9.17) is 4.99 Å². The molecule has 0 bridgehead atoms. The molecule has 1 N–H and O–H groups in total. The van der Waals surface area contributed by atoms with E-state index in [0.29, 0.717) is 6.42 Å². The predicted octanol–water partition coefficient (Wildman–Crippen LogP) is 6.31. The fourth-order valence-corrected chi connectivity index (χ4v) is 3.11. The Morgan fingerprint density at radius 2 is 1.48 bits per heavy atom. The van der Waals surface area contributed by atoms with E-state index in [0.717, 1.165) is 28.2 Å². The summed E-state index contributed by atoms with van der Waals surface area (Å²) in [7, 11) is 0. The van der Waals surface area contributed by atoms with Gasteiger partial charge in [-0.05, 0) is 53.6 Å². The highest BCUT2D eigenvalue weighted by molar-refractivity contribution is 6.02. The summed E-state index contributed by atoms with van der Waals surface area (Å²) in [5, 5.41) is 3.51. The molecule has 1 aliphatic rings. The zero-order valence-electron chi connectivity index (χ0n) is 14.6. The highest BCUT2D eigenvalue weighted by atomic mass is 19.1. The number of fused-ring (bicyclic) bond motifs is 1. The molecule has 0 spiro atoms. The molecule has 134 valence electrons. The van der Waals surface area contributed by atoms with Gasteiger partial charge in [0.05, 0.1) is 17.4 Å². The molecule has 1 heterocycles. The van der Waals surface area contributed by atoms with Gasteiger partial charge >= 0.3 is 0 Å². The van der Waals surface area contributed by atoms with Crippen molar-refractivity contribution in [2.45, 2.75) is 12.5 Å². The van der Waals surface area contributed by atoms with Crippen LogP contribution in [0.5, 0.6) is 0 Å². The molecule has 0 fully saturated rings. The molecule has 1 unspecified atom stereocenters. The van der Waals surface area contributed by atoms with Crippen molar-refractivity contribution in [3.05, 3.63) is 102 Å². The van der Waals surface area contributed by atoms with Crippen molar-refractivity contribution in [1.29, 1.82) is 0 Å². The largest absolute Gasteiger partial charge is 0.376 e. The molecule has 0 amide bonds. The molecule has 1 atom stereocenters. The summed E-state index contributed by atoms with van der Waals surface area (Å²) in [6, 6.07) is 20.7. The number of anilines is 1. The van der Waals surface area contributed by atoms with Crippen LogP contribution < -0.4 is 5.32 Å². The first-order valence-corrected chi connectivity index (χ1v) is 8.80. The second kappa shape index (κ2) is 7.54. The highest BCUT2D eigenvalue weighted by Crippen LogP contribution is 2.34. The van der Waals surface area contributed by atoms with Crippen LogP contribution in [0.15, 0.2) is 83.9 Å². The standard InChI is InChI=1S/C23H18F2N2/c24-18-10-5-16(6-11-18)7-14-20-15-23(17-8-12-19(25)13-9-17)27-22-4-2-1-3-21(22)26-20/h1-14,23,27H,15H2/b14-7+. The summed E-state index contributed by atoms with van der Waals surface area (Å²) >= 11 is 0. The Morgan fingerprint density at radius 1 is 0.815 bits per heavy atom. The van der Waals surface area contributed by atoms with E-state index in [9.17, 15) is 8.78 Å². The van der Waals surface area contributed by atoms with Crippen LogP contribution in [0.25, 0.3) is 6.08 Å². The molecule has 2 nitrogen and oxygen atoms in total. The molecular formula is C23H18F2N2. The minimum absolute atomic E-state index is 0.0223. The summed E-state index contributed by atoms with van der Waals surface area (Å²) in [6.07, 6.45) is 4.53. The third-order valence-corrected chi connectivity index (χ3v) is 4.52. The van der Waals surface area contributed by atoms with Crippen molar-refractivity contribution >= 4 is 23.2 Å². The summed E-state index contributed by atoms with van der Waals surface area (Å²) in [4.78, 5) is 4.78. The number of nitrogens with one attached hydrogen (secondary N) is 1. The van der Waals surface area contributed by atoms with Crippen LogP contribution in [-0.2, 0) is 0 Å². The Balaban J connectivity index is 1.67. The average molecular weight is 360 g/mol. The van der Waals surface area contributed by atoms with Crippen molar-refractivity contribution in [2.75, 3.05) is 5.32 Å². The van der Waals surface area contributed by atoms with Gasteiger partial charge in [0.2, 0.25) is 0 Å². The normalized spacial score (nSPS) is 16.4. The maximum absolute atomic E-state index is 13.3. The lowest BCUT2D eigenvalue weighted by molar-refractivity contribution is 0.626. The summed E-state index contributed by atoms with van der Waals surface area (Å²) < 4.78 is 26.4. The van der Waals surface area contributed by atoms with Crippen LogP contribution in [0.3, 0.4) is 0 Å². The first kappa shape index (κ1) is 17.2. The number of rotatable bonds is 3. The van der Waals surface area contributed by atoms with Crippen LogP contribution in [0, 0.1) is 11.6 Å². The lowest BCUT2D eigenvalue weighted by atomic mass is 10.0. The molecular weight excluding hydrogens is 342 g/mol. The van der Waals surface area contributed by atoms with Crippen molar-refractivity contribution in [3.8, 4) is 0 Å². The quantitative estimate of drug-likeness (QED) is 0.582. The van der Waals surface area contributed by atoms with Gasteiger partial charge in [0.15, 0.2) is 0 Å². The molecule has 0 aliphatic carbocycles. The van der Waals surface area contributed by atoms with Gasteiger partial charge in [-0.3, -0.25) is 4.99 Å². The minimum Gasteiger partial charge on any atom is -0.376 e. The van der Waals surface area contributed by atoms with Gasteiger partial charge in [-0.2, -0.15) is 0 Å². The van der Waals surface area contributed by atoms with Gasteiger partial charge in [0.1, 0.15) is 11.6 Å². The summed E-state index contributed by atoms with van der Waals surface area (Å²) in [5.41, 5.74) is 4.60. The third-order valence-electron chi connectivity index (χ3n) is 4.52. The second-order valence-electron chi connectivity index (χ2n) is 6.46. The predicted molar refractivity (Wildman–Crippen MR) is 106 cm³/mol. The van der Waals surface area contributed by atoms with E-state index in [1.54, 1.807) is 24.3 Å². The molecule has 1 aliphatic heterocycles. The van der Waals surface area contributed by atoms with Gasteiger partial charge in [-0.15, -0.1) is 0 Å². The fraction of sp³-hybridized carbons (Fsp3) is 0.0870. The molecule has 0 radical (unpaired) electrons. The Hall–Kier alpha value is -3.27. The Morgan fingerprint density at radius 3 is 2.22 bits per heavy atom. The molecule has 0 saturated carbocycles. The van der Waals surface area contributed by atoms with Gasteiger partial charge in [0, 0.05) is 12.1 Å². The highest BCUT2D eigenvalue weighted by Gasteiger charge is 2.18. The maximum Gasteiger partial charge on any atom is 0.123 e. The third kappa shape index (κ3) is 4.11. The minimum atomic E-state index is -0.256. The Bertz CT molecular complexity index is 990. The lowest BCUT2D eigenvalue weighted by Gasteiger charge is -2.18. The average Bonchev–Trinajstić information content (AvgIpc) is 2.87. The number of benzene rings is 3. The number of hydrogen-bond acceptors (Lipinski definition) is 2. The number of halogens is 2. The van der Waals surface area contributed by atoms with Crippen LogP contribution in [0.1, 0.15) is 23.6 Å². The maximum atomic E-state index is 13.3. The number of allylic oxidation sites excluding steroid dienone is 1. The van der Waals surface area contributed by atoms with E-state index in [1.807, 2.05) is 36.4 Å². The van der Waals surface area contributed by atoms with Crippen LogP contribution in [0.4, 0.5) is 20.2 Å². The number of aliphatic imine (C=N–C) groups is 1. The fourth-order valence-electron chi connectivity index (χ4n) is 3.11. The smallest absolute Gasteiger partial charge is 0.123 e. The lowest BCUT2D eigenvalue weighted by Crippen LogP contribution is -2.12. The van der Waals surface area contributed by atoms with E-state index in [1.165, 1.54) is 24.3 Å². The van der Waals surface area contributed by atoms with E-state index >= 15 is 0 Å². The second-order valence-corrected chi connectivity index (χ2v) is 6.46. The molecule has 4 heteroatoms. The van der Waals surface area contributed by atoms with Gasteiger partial charge in [-0.25, -0.2) is 8.78 Å². The van der Waals surface area contributed by atoms with Crippen LogP contribution >= 0.6 is 0 Å². The van der Waals surface area contributed by atoms with E-state index in [-0.39, 0.29) is 17.7 Å². The van der Waals surface area contributed by atoms with E-state index in [2.05, 4.69) is 5.32 Å².